The van der Waals surface area contributed by atoms with Crippen molar-refractivity contribution in [3.8, 4) is 5.75 Å². The van der Waals surface area contributed by atoms with Crippen molar-refractivity contribution in [1.82, 2.24) is 4.31 Å². The Morgan fingerprint density at radius 3 is 2.67 bits per heavy atom. The van der Waals surface area contributed by atoms with Crippen molar-refractivity contribution in [3.05, 3.63) is 36.9 Å². The molecule has 1 aromatic carbocycles. The molecule has 6 heteroatoms. The van der Waals surface area contributed by atoms with Gasteiger partial charge in [-0.2, -0.15) is 4.31 Å². The number of ether oxygens (including phenoxy) is 1. The second kappa shape index (κ2) is 6.53. The minimum Gasteiger partial charge on any atom is -0.507 e. The predicted octanol–water partition coefficient (Wildman–Crippen LogP) is 1.22. The van der Waals surface area contributed by atoms with Crippen molar-refractivity contribution in [3.63, 3.8) is 0 Å². The highest BCUT2D eigenvalue weighted by atomic mass is 32.2. The molecule has 0 unspecified atom stereocenters. The van der Waals surface area contributed by atoms with Crippen LogP contribution in [0, 0.1) is 0 Å². The first kappa shape index (κ1) is 14.7. The lowest BCUT2D eigenvalue weighted by atomic mass is 10.3. The van der Waals surface area contributed by atoms with Crippen LogP contribution in [0.3, 0.4) is 0 Å². The van der Waals surface area contributed by atoms with E-state index in [4.69, 9.17) is 4.74 Å². The third kappa shape index (κ3) is 3.32. The van der Waals surface area contributed by atoms with Crippen molar-refractivity contribution in [2.24, 2.45) is 0 Å². The number of sulfonamides is 1. The first-order valence-corrected chi connectivity index (χ1v) is 6.86. The third-order valence-corrected chi connectivity index (χ3v) is 4.27. The van der Waals surface area contributed by atoms with E-state index in [-0.39, 0.29) is 30.3 Å². The highest BCUT2D eigenvalue weighted by molar-refractivity contribution is 7.89. The number of hydrogen-bond donors (Lipinski definition) is 1. The molecule has 0 heterocycles. The summed E-state index contributed by atoms with van der Waals surface area (Å²) in [7, 11) is -2.24. The standard InChI is InChI=1S/C12H17NO4S/c1-3-8-13(9-10-17-2)18(15,16)12-7-5-4-6-11(12)14/h3-7,14H,1,8-10H2,2H3. The van der Waals surface area contributed by atoms with Gasteiger partial charge >= 0.3 is 0 Å². The second-order valence-electron chi connectivity index (χ2n) is 3.61. The molecule has 5 nitrogen and oxygen atoms in total. The highest BCUT2D eigenvalue weighted by Crippen LogP contribution is 2.24. The molecule has 0 saturated heterocycles. The Morgan fingerprint density at radius 2 is 2.11 bits per heavy atom. The van der Waals surface area contributed by atoms with Gasteiger partial charge in [-0.25, -0.2) is 8.42 Å². The van der Waals surface area contributed by atoms with E-state index in [0.29, 0.717) is 0 Å². The van der Waals surface area contributed by atoms with Crippen LogP contribution in [-0.4, -0.2) is 44.6 Å². The molecule has 0 bridgehead atoms. The van der Waals surface area contributed by atoms with Crippen LogP contribution in [0.25, 0.3) is 0 Å². The number of hydrogen-bond acceptors (Lipinski definition) is 4. The molecule has 18 heavy (non-hydrogen) atoms. The fraction of sp³-hybridized carbons (Fsp3) is 0.333. The molecule has 0 aromatic heterocycles. The number of nitrogens with zero attached hydrogens (tertiary/aromatic N) is 1. The normalized spacial score (nSPS) is 11.7. The molecule has 0 saturated carbocycles. The number of methoxy groups -OCH3 is 1. The molecule has 100 valence electrons. The highest BCUT2D eigenvalue weighted by Gasteiger charge is 2.25. The molecule has 0 aliphatic carbocycles. The molecule has 0 aliphatic heterocycles. The van der Waals surface area contributed by atoms with Crippen LogP contribution in [0.15, 0.2) is 41.8 Å². The topological polar surface area (TPSA) is 66.8 Å². The van der Waals surface area contributed by atoms with Gasteiger partial charge < -0.3 is 9.84 Å². The quantitative estimate of drug-likeness (QED) is 0.757. The maximum absolute atomic E-state index is 12.3. The zero-order valence-electron chi connectivity index (χ0n) is 10.2. The molecular formula is C12H17NO4S. The van der Waals surface area contributed by atoms with Crippen LogP contribution in [0.5, 0.6) is 5.75 Å². The van der Waals surface area contributed by atoms with Gasteiger partial charge in [0.05, 0.1) is 6.61 Å². The number of phenols is 1. The van der Waals surface area contributed by atoms with E-state index in [9.17, 15) is 13.5 Å². The zero-order chi connectivity index (χ0) is 13.6. The van der Waals surface area contributed by atoms with Gasteiger partial charge in [0, 0.05) is 20.2 Å². The first-order chi connectivity index (χ1) is 8.54. The summed E-state index contributed by atoms with van der Waals surface area (Å²) in [6.07, 6.45) is 1.49. The summed E-state index contributed by atoms with van der Waals surface area (Å²) in [6.45, 7) is 4.18. The lowest BCUT2D eigenvalue weighted by Crippen LogP contribution is -2.34. The average molecular weight is 271 g/mol. The van der Waals surface area contributed by atoms with Crippen molar-refractivity contribution in [1.29, 1.82) is 0 Å². The van der Waals surface area contributed by atoms with Gasteiger partial charge in [-0.15, -0.1) is 6.58 Å². The monoisotopic (exact) mass is 271 g/mol. The summed E-state index contributed by atoms with van der Waals surface area (Å²) in [5.41, 5.74) is 0. The van der Waals surface area contributed by atoms with Gasteiger partial charge in [0.1, 0.15) is 10.6 Å². The Hall–Kier alpha value is -1.37. The summed E-state index contributed by atoms with van der Waals surface area (Å²) in [6, 6.07) is 5.85. The van der Waals surface area contributed by atoms with Crippen LogP contribution in [0.1, 0.15) is 0 Å². The van der Waals surface area contributed by atoms with Crippen molar-refractivity contribution in [2.75, 3.05) is 26.8 Å². The molecule has 0 amide bonds. The molecule has 1 aromatic rings. The summed E-state index contributed by atoms with van der Waals surface area (Å²) in [4.78, 5) is -0.108. The number of benzene rings is 1. The minimum atomic E-state index is -3.73. The fourth-order valence-electron chi connectivity index (χ4n) is 1.46. The molecule has 0 aliphatic rings. The minimum absolute atomic E-state index is 0.108. The average Bonchev–Trinajstić information content (AvgIpc) is 2.34. The second-order valence-corrected chi connectivity index (χ2v) is 5.52. The van der Waals surface area contributed by atoms with Gasteiger partial charge in [-0.1, -0.05) is 18.2 Å². The van der Waals surface area contributed by atoms with Crippen LogP contribution in [0.2, 0.25) is 0 Å². The molecular weight excluding hydrogens is 254 g/mol. The first-order valence-electron chi connectivity index (χ1n) is 5.42. The molecule has 1 N–H and O–H groups in total. The zero-order valence-corrected chi connectivity index (χ0v) is 11.1. The summed E-state index contributed by atoms with van der Waals surface area (Å²) < 4.78 is 30.7. The molecule has 0 radical (unpaired) electrons. The summed E-state index contributed by atoms with van der Waals surface area (Å²) >= 11 is 0. The SMILES string of the molecule is C=CCN(CCOC)S(=O)(=O)c1ccccc1O. The largest absolute Gasteiger partial charge is 0.507 e. The molecule has 0 fully saturated rings. The van der Waals surface area contributed by atoms with Crippen LogP contribution < -0.4 is 0 Å². The maximum Gasteiger partial charge on any atom is 0.247 e. The number of para-hydroxylation sites is 1. The van der Waals surface area contributed by atoms with Crippen LogP contribution >= 0.6 is 0 Å². The Bertz CT molecular complexity index is 499. The van der Waals surface area contributed by atoms with E-state index in [1.807, 2.05) is 0 Å². The van der Waals surface area contributed by atoms with Gasteiger partial charge in [0.15, 0.2) is 0 Å². The van der Waals surface area contributed by atoms with E-state index in [0.717, 1.165) is 0 Å². The smallest absolute Gasteiger partial charge is 0.247 e. The Morgan fingerprint density at radius 1 is 1.44 bits per heavy atom. The third-order valence-electron chi connectivity index (χ3n) is 2.36. The van der Waals surface area contributed by atoms with Gasteiger partial charge in [0.2, 0.25) is 10.0 Å². The Balaban J connectivity index is 3.08. The van der Waals surface area contributed by atoms with E-state index in [1.165, 1.54) is 29.6 Å². The lowest BCUT2D eigenvalue weighted by Gasteiger charge is -2.20. The van der Waals surface area contributed by atoms with Crippen molar-refractivity contribution >= 4 is 10.0 Å². The van der Waals surface area contributed by atoms with E-state index in [2.05, 4.69) is 6.58 Å². The lowest BCUT2D eigenvalue weighted by molar-refractivity contribution is 0.182. The van der Waals surface area contributed by atoms with E-state index < -0.39 is 10.0 Å². The van der Waals surface area contributed by atoms with Crippen LogP contribution in [0.4, 0.5) is 0 Å². The number of aromatic hydroxyl groups is 1. The van der Waals surface area contributed by atoms with Gasteiger partial charge in [0.25, 0.3) is 0 Å². The summed E-state index contributed by atoms with van der Waals surface area (Å²) in [5.74, 6) is -0.260. The summed E-state index contributed by atoms with van der Waals surface area (Å²) in [5, 5.41) is 9.63. The maximum atomic E-state index is 12.3. The fourth-order valence-corrected chi connectivity index (χ4v) is 2.94. The van der Waals surface area contributed by atoms with Crippen molar-refractivity contribution < 1.29 is 18.3 Å². The molecule has 0 atom stereocenters. The van der Waals surface area contributed by atoms with Crippen molar-refractivity contribution in [2.45, 2.75) is 4.90 Å². The van der Waals surface area contributed by atoms with Crippen LogP contribution in [-0.2, 0) is 14.8 Å². The Labute approximate surface area is 107 Å². The predicted molar refractivity (Wildman–Crippen MR) is 68.9 cm³/mol. The van der Waals surface area contributed by atoms with Gasteiger partial charge in [-0.05, 0) is 12.1 Å². The molecule has 1 rings (SSSR count). The Kier molecular flexibility index (Phi) is 5.33. The number of rotatable bonds is 7. The van der Waals surface area contributed by atoms with E-state index >= 15 is 0 Å². The number of phenolic OH excluding ortho intramolecular Hbond substituents is 1. The molecule has 0 spiro atoms. The van der Waals surface area contributed by atoms with Gasteiger partial charge in [-0.3, -0.25) is 0 Å². The van der Waals surface area contributed by atoms with E-state index in [1.54, 1.807) is 12.1 Å².